The summed E-state index contributed by atoms with van der Waals surface area (Å²) in [5.74, 6) is 0. The zero-order valence-electron chi connectivity index (χ0n) is 17.9. The fourth-order valence-electron chi connectivity index (χ4n) is 4.97. The molecule has 0 amide bonds. The first kappa shape index (κ1) is 21.5. The minimum Gasteiger partial charge on any atom is -0.323 e. The zero-order chi connectivity index (χ0) is 19.6. The van der Waals surface area contributed by atoms with Crippen molar-refractivity contribution in [3.63, 3.8) is 0 Å². The summed E-state index contributed by atoms with van der Waals surface area (Å²) >= 11 is 0. The van der Waals surface area contributed by atoms with Gasteiger partial charge < -0.3 is 5.32 Å². The Bertz CT molecular complexity index is 654. The third kappa shape index (κ3) is 5.68. The molecule has 152 valence electrons. The third-order valence-electron chi connectivity index (χ3n) is 6.20. The van der Waals surface area contributed by atoms with Crippen molar-refractivity contribution in [1.29, 1.82) is 0 Å². The minimum atomic E-state index is -0.0365. The Morgan fingerprint density at radius 3 is 1.64 bits per heavy atom. The molecule has 2 aromatic carbocycles. The van der Waals surface area contributed by atoms with Crippen LogP contribution in [-0.2, 0) is 0 Å². The molecule has 1 nitrogen and oxygen atoms in total. The fraction of sp³-hybridized carbons (Fsp3) is 0.538. The molecular weight excluding hydrogens is 357 g/mol. The minimum absolute atomic E-state index is 0.0365. The molecule has 2 aliphatic carbocycles. The lowest BCUT2D eigenvalue weighted by atomic mass is 9.99. The van der Waals surface area contributed by atoms with Crippen LogP contribution in [0.4, 0.5) is 0 Å². The first-order valence-corrected chi connectivity index (χ1v) is 12.8. The summed E-state index contributed by atoms with van der Waals surface area (Å²) in [7, 11) is 3.71. The van der Waals surface area contributed by atoms with Gasteiger partial charge in [-0.05, 0) is 67.5 Å². The van der Waals surface area contributed by atoms with Crippen molar-refractivity contribution in [3.05, 3.63) is 54.6 Å². The molecule has 0 unspecified atom stereocenters. The van der Waals surface area contributed by atoms with E-state index in [1.807, 2.05) is 14.1 Å². The van der Waals surface area contributed by atoms with Gasteiger partial charge in [0.25, 0.3) is 0 Å². The van der Waals surface area contributed by atoms with Gasteiger partial charge in [-0.1, -0.05) is 101 Å². The molecule has 0 heterocycles. The summed E-state index contributed by atoms with van der Waals surface area (Å²) < 4.78 is 0. The van der Waals surface area contributed by atoms with Gasteiger partial charge >= 0.3 is 0 Å². The van der Waals surface area contributed by atoms with Crippen molar-refractivity contribution < 1.29 is 0 Å². The molecule has 0 aliphatic heterocycles. The fourth-order valence-corrected chi connectivity index (χ4v) is 8.94. The number of benzene rings is 2. The molecule has 0 radical (unpaired) electrons. The van der Waals surface area contributed by atoms with Crippen LogP contribution >= 0.6 is 7.92 Å². The molecule has 0 aromatic heterocycles. The summed E-state index contributed by atoms with van der Waals surface area (Å²) in [6.07, 6.45) is 14.7. The molecule has 2 saturated carbocycles. The second kappa shape index (κ2) is 11.7. The first-order chi connectivity index (χ1) is 13.8. The predicted octanol–water partition coefficient (Wildman–Crippen LogP) is 6.96. The van der Waals surface area contributed by atoms with Crippen molar-refractivity contribution in [3.8, 4) is 11.1 Å². The van der Waals surface area contributed by atoms with Gasteiger partial charge in [0.2, 0.25) is 0 Å². The van der Waals surface area contributed by atoms with E-state index in [1.54, 1.807) is 5.30 Å². The monoisotopic (exact) mass is 395 g/mol. The zero-order valence-corrected chi connectivity index (χ0v) is 18.8. The van der Waals surface area contributed by atoms with E-state index in [-0.39, 0.29) is 7.92 Å². The molecule has 0 atom stereocenters. The Morgan fingerprint density at radius 1 is 0.643 bits per heavy atom. The van der Waals surface area contributed by atoms with Crippen LogP contribution in [0.1, 0.15) is 64.2 Å². The Labute approximate surface area is 174 Å². The topological polar surface area (TPSA) is 12.0 Å². The molecule has 28 heavy (non-hydrogen) atoms. The number of hydrogen-bond acceptors (Lipinski definition) is 1. The molecule has 1 N–H and O–H groups in total. The van der Waals surface area contributed by atoms with Crippen molar-refractivity contribution in [1.82, 2.24) is 5.32 Å². The van der Waals surface area contributed by atoms with Gasteiger partial charge in [0.15, 0.2) is 0 Å². The van der Waals surface area contributed by atoms with Crippen LogP contribution < -0.4 is 10.6 Å². The quantitative estimate of drug-likeness (QED) is 0.552. The van der Waals surface area contributed by atoms with E-state index in [0.717, 1.165) is 11.3 Å². The maximum atomic E-state index is 2.75. The van der Waals surface area contributed by atoms with E-state index in [4.69, 9.17) is 0 Å². The van der Waals surface area contributed by atoms with Crippen LogP contribution in [0.3, 0.4) is 0 Å². The molecule has 0 bridgehead atoms. The Balaban J connectivity index is 0.000000706. The van der Waals surface area contributed by atoms with Crippen LogP contribution in [0.15, 0.2) is 54.6 Å². The third-order valence-corrected chi connectivity index (χ3v) is 9.76. The normalized spacial score (nSPS) is 18.5. The molecular formula is C26H38NP. The van der Waals surface area contributed by atoms with E-state index in [2.05, 4.69) is 59.9 Å². The molecule has 0 spiro atoms. The van der Waals surface area contributed by atoms with Gasteiger partial charge in [-0.3, -0.25) is 0 Å². The van der Waals surface area contributed by atoms with Crippen LogP contribution in [0, 0.1) is 0 Å². The summed E-state index contributed by atoms with van der Waals surface area (Å²) in [6, 6.07) is 20.5. The second-order valence-corrected chi connectivity index (χ2v) is 11.1. The summed E-state index contributed by atoms with van der Waals surface area (Å²) in [4.78, 5) is 0. The standard InChI is InChI=1S/C24H31P.C2H7N/c1-4-12-20(13-5-1)23-18-10-11-19-24(23)25(21-14-6-2-7-15-21)22-16-8-3-9-17-22;1-3-2/h1,4-5,10-13,18-19,21-22H,2-3,6-9,14-17H2;3H,1-2H3. The van der Waals surface area contributed by atoms with Gasteiger partial charge in [0.05, 0.1) is 0 Å². The lowest BCUT2D eigenvalue weighted by Crippen LogP contribution is -2.27. The molecule has 2 fully saturated rings. The maximum Gasteiger partial charge on any atom is -0.0107 e. The predicted molar refractivity (Wildman–Crippen MR) is 127 cm³/mol. The summed E-state index contributed by atoms with van der Waals surface area (Å²) in [6.45, 7) is 0. The Kier molecular flexibility index (Phi) is 9.03. The van der Waals surface area contributed by atoms with E-state index >= 15 is 0 Å². The van der Waals surface area contributed by atoms with Crippen molar-refractivity contribution in [2.75, 3.05) is 14.1 Å². The SMILES string of the molecule is CNC.c1ccc(-c2ccccc2P(C2CCCCC2)C2CCCCC2)cc1. The van der Waals surface area contributed by atoms with Crippen LogP contribution in [0.25, 0.3) is 11.1 Å². The van der Waals surface area contributed by atoms with Crippen molar-refractivity contribution >= 4 is 13.2 Å². The Hall–Kier alpha value is -1.17. The lowest BCUT2D eigenvalue weighted by Gasteiger charge is -2.39. The van der Waals surface area contributed by atoms with E-state index in [0.29, 0.717) is 0 Å². The molecule has 0 saturated heterocycles. The smallest absolute Gasteiger partial charge is 0.0107 e. The van der Waals surface area contributed by atoms with Gasteiger partial charge in [-0.25, -0.2) is 0 Å². The number of hydrogen-bond donors (Lipinski definition) is 1. The Morgan fingerprint density at radius 2 is 1.11 bits per heavy atom. The highest BCUT2D eigenvalue weighted by molar-refractivity contribution is 7.67. The van der Waals surface area contributed by atoms with Gasteiger partial charge in [-0.15, -0.1) is 0 Å². The molecule has 4 rings (SSSR count). The maximum absolute atomic E-state index is 2.75. The number of rotatable bonds is 4. The van der Waals surface area contributed by atoms with E-state index < -0.39 is 0 Å². The van der Waals surface area contributed by atoms with E-state index in [1.165, 1.54) is 75.3 Å². The van der Waals surface area contributed by atoms with Crippen LogP contribution in [0.2, 0.25) is 0 Å². The number of nitrogens with one attached hydrogen (secondary N) is 1. The second-order valence-electron chi connectivity index (χ2n) is 8.37. The molecule has 2 aromatic rings. The molecule has 2 heteroatoms. The average molecular weight is 396 g/mol. The lowest BCUT2D eigenvalue weighted by molar-refractivity contribution is 0.487. The highest BCUT2D eigenvalue weighted by Crippen LogP contribution is 2.56. The highest BCUT2D eigenvalue weighted by Gasteiger charge is 2.33. The molecule has 2 aliphatic rings. The highest BCUT2D eigenvalue weighted by atomic mass is 31.1. The van der Waals surface area contributed by atoms with Gasteiger partial charge in [0.1, 0.15) is 0 Å². The van der Waals surface area contributed by atoms with Crippen LogP contribution in [0.5, 0.6) is 0 Å². The largest absolute Gasteiger partial charge is 0.323 e. The average Bonchev–Trinajstić information content (AvgIpc) is 2.77. The summed E-state index contributed by atoms with van der Waals surface area (Å²) in [5, 5.41) is 4.46. The van der Waals surface area contributed by atoms with Crippen molar-refractivity contribution in [2.45, 2.75) is 75.5 Å². The van der Waals surface area contributed by atoms with Gasteiger partial charge in [0, 0.05) is 0 Å². The van der Waals surface area contributed by atoms with E-state index in [9.17, 15) is 0 Å². The van der Waals surface area contributed by atoms with Crippen LogP contribution in [-0.4, -0.2) is 25.4 Å². The summed E-state index contributed by atoms with van der Waals surface area (Å²) in [5.41, 5.74) is 4.87. The van der Waals surface area contributed by atoms with Gasteiger partial charge in [-0.2, -0.15) is 0 Å². The van der Waals surface area contributed by atoms with Crippen molar-refractivity contribution in [2.24, 2.45) is 0 Å². The first-order valence-electron chi connectivity index (χ1n) is 11.4.